The molecule has 0 aliphatic heterocycles. The number of hydrogen-bond donors (Lipinski definition) is 4. The van der Waals surface area contributed by atoms with Gasteiger partial charge >= 0.3 is 18.0 Å². The maximum Gasteiger partial charge on any atom is 0.339 e. The molecule has 0 aliphatic carbocycles. The van der Waals surface area contributed by atoms with E-state index in [0.29, 0.717) is 18.0 Å². The van der Waals surface area contributed by atoms with Crippen molar-refractivity contribution in [2.24, 2.45) is 11.8 Å². The summed E-state index contributed by atoms with van der Waals surface area (Å²) in [7, 11) is 0. The Labute approximate surface area is 191 Å². The number of hydrogen-bond acceptors (Lipinski definition) is 7. The first kappa shape index (κ1) is 27.0. The highest BCUT2D eigenvalue weighted by Crippen LogP contribution is 2.23. The van der Waals surface area contributed by atoms with Gasteiger partial charge in [-0.3, -0.25) is 20.2 Å². The average Bonchev–Trinajstić information content (AvgIpc) is 2.73. The molecule has 0 bridgehead atoms. The molecule has 0 aromatic heterocycles. The van der Waals surface area contributed by atoms with Crippen LogP contribution in [-0.2, 0) is 14.3 Å². The normalized spacial score (nSPS) is 10.4. The Morgan fingerprint density at radius 2 is 1.38 bits per heavy atom. The number of urea groups is 2. The molecule has 0 fully saturated rings. The van der Waals surface area contributed by atoms with Crippen molar-refractivity contribution in [3.63, 3.8) is 0 Å². The fourth-order valence-electron chi connectivity index (χ4n) is 2.12. The lowest BCUT2D eigenvalue weighted by molar-refractivity contribution is -0.123. The molecule has 1 aromatic carbocycles. The second-order valence-corrected chi connectivity index (χ2v) is 8.68. The number of carbonyl (C=O) groups excluding carboxylic acids is 5. The minimum atomic E-state index is -0.777. The number of rotatable bonds is 10. The Kier molecular flexibility index (Phi) is 11.9. The SMILES string of the molecule is CC(C)CNC(=O)NC(=O)COC(=O)c1ccccc1SCC(=O)NC(=O)NCC(C)C. The summed E-state index contributed by atoms with van der Waals surface area (Å²) >= 11 is 1.05. The van der Waals surface area contributed by atoms with E-state index >= 15 is 0 Å². The number of nitrogens with one attached hydrogen (secondary N) is 4. The maximum absolute atomic E-state index is 12.4. The van der Waals surface area contributed by atoms with Crippen molar-refractivity contribution in [3.05, 3.63) is 29.8 Å². The van der Waals surface area contributed by atoms with Crippen molar-refractivity contribution in [2.45, 2.75) is 32.6 Å². The van der Waals surface area contributed by atoms with Crippen LogP contribution in [0.5, 0.6) is 0 Å². The van der Waals surface area contributed by atoms with Crippen LogP contribution in [0.2, 0.25) is 0 Å². The van der Waals surface area contributed by atoms with Crippen LogP contribution in [-0.4, -0.2) is 55.3 Å². The topological polar surface area (TPSA) is 143 Å². The Morgan fingerprint density at radius 3 is 1.94 bits per heavy atom. The third-order valence-corrected chi connectivity index (χ3v) is 4.72. The van der Waals surface area contributed by atoms with Crippen molar-refractivity contribution < 1.29 is 28.7 Å². The van der Waals surface area contributed by atoms with Gasteiger partial charge in [0.1, 0.15) is 0 Å². The zero-order chi connectivity index (χ0) is 24.1. The third kappa shape index (κ3) is 11.3. The standard InChI is InChI=1S/C21H30N4O6S/c1-13(2)9-22-20(29)24-17(26)11-31-19(28)15-7-5-6-8-16(15)32-12-18(27)25-21(30)23-10-14(3)4/h5-8,13-14H,9-12H2,1-4H3,(H2,22,24,26,29)(H2,23,25,27,30). The molecule has 0 aliphatic rings. The van der Waals surface area contributed by atoms with Crippen molar-refractivity contribution in [3.8, 4) is 0 Å². The molecule has 11 heteroatoms. The van der Waals surface area contributed by atoms with Crippen molar-refractivity contribution in [1.29, 1.82) is 0 Å². The lowest BCUT2D eigenvalue weighted by Gasteiger charge is -2.11. The van der Waals surface area contributed by atoms with Crippen LogP contribution >= 0.6 is 11.8 Å². The van der Waals surface area contributed by atoms with Gasteiger partial charge in [-0.15, -0.1) is 11.8 Å². The summed E-state index contributed by atoms with van der Waals surface area (Å²) in [4.78, 5) is 59.8. The number of carbonyl (C=O) groups is 5. The van der Waals surface area contributed by atoms with E-state index < -0.39 is 36.5 Å². The van der Waals surface area contributed by atoms with Gasteiger partial charge in [-0.2, -0.15) is 0 Å². The lowest BCUT2D eigenvalue weighted by Crippen LogP contribution is -2.42. The summed E-state index contributed by atoms with van der Waals surface area (Å²) in [6.07, 6.45) is 0. The molecule has 6 amide bonds. The van der Waals surface area contributed by atoms with Crippen molar-refractivity contribution in [1.82, 2.24) is 21.3 Å². The van der Waals surface area contributed by atoms with E-state index in [1.165, 1.54) is 6.07 Å². The molecule has 32 heavy (non-hydrogen) atoms. The van der Waals surface area contributed by atoms with Gasteiger partial charge in [0.05, 0.1) is 11.3 Å². The van der Waals surface area contributed by atoms with Gasteiger partial charge in [-0.1, -0.05) is 39.8 Å². The molecule has 0 unspecified atom stereocenters. The predicted molar refractivity (Wildman–Crippen MR) is 120 cm³/mol. The molecule has 1 rings (SSSR count). The number of thioether (sulfide) groups is 1. The maximum atomic E-state index is 12.4. The number of imide groups is 2. The number of esters is 1. The van der Waals surface area contributed by atoms with E-state index in [9.17, 15) is 24.0 Å². The summed E-state index contributed by atoms with van der Waals surface area (Å²) in [6.45, 7) is 7.88. The molecule has 10 nitrogen and oxygen atoms in total. The molecular weight excluding hydrogens is 436 g/mol. The van der Waals surface area contributed by atoms with Crippen LogP contribution in [0.3, 0.4) is 0 Å². The molecule has 0 heterocycles. The quantitative estimate of drug-likeness (QED) is 0.305. The highest BCUT2D eigenvalue weighted by atomic mass is 32.2. The Balaban J connectivity index is 2.53. The van der Waals surface area contributed by atoms with E-state index in [-0.39, 0.29) is 23.2 Å². The smallest absolute Gasteiger partial charge is 0.339 e. The zero-order valence-corrected chi connectivity index (χ0v) is 19.5. The molecule has 4 N–H and O–H groups in total. The van der Waals surface area contributed by atoms with Crippen LogP contribution in [0.1, 0.15) is 38.1 Å². The van der Waals surface area contributed by atoms with E-state index in [0.717, 1.165) is 11.8 Å². The second-order valence-electron chi connectivity index (χ2n) is 7.67. The van der Waals surface area contributed by atoms with Crippen LogP contribution in [0, 0.1) is 11.8 Å². The van der Waals surface area contributed by atoms with E-state index in [1.54, 1.807) is 18.2 Å². The molecular formula is C21H30N4O6S. The highest BCUT2D eigenvalue weighted by molar-refractivity contribution is 8.00. The van der Waals surface area contributed by atoms with Gasteiger partial charge in [0, 0.05) is 18.0 Å². The van der Waals surface area contributed by atoms with Crippen LogP contribution < -0.4 is 21.3 Å². The molecule has 176 valence electrons. The minimum Gasteiger partial charge on any atom is -0.452 e. The predicted octanol–water partition coefficient (Wildman–Crippen LogP) is 1.90. The molecule has 0 radical (unpaired) electrons. The second kappa shape index (κ2) is 14.1. The van der Waals surface area contributed by atoms with E-state index in [4.69, 9.17) is 4.74 Å². The first-order chi connectivity index (χ1) is 15.1. The Hall–Kier alpha value is -3.08. The average molecular weight is 467 g/mol. The van der Waals surface area contributed by atoms with Crippen molar-refractivity contribution >= 4 is 41.6 Å². The van der Waals surface area contributed by atoms with Crippen LogP contribution in [0.25, 0.3) is 0 Å². The number of benzene rings is 1. The fraction of sp³-hybridized carbons (Fsp3) is 0.476. The molecule has 0 atom stereocenters. The van der Waals surface area contributed by atoms with Crippen LogP contribution in [0.15, 0.2) is 29.2 Å². The lowest BCUT2D eigenvalue weighted by atomic mass is 10.2. The van der Waals surface area contributed by atoms with Gasteiger partial charge in [0.15, 0.2) is 6.61 Å². The van der Waals surface area contributed by atoms with Crippen molar-refractivity contribution in [2.75, 3.05) is 25.4 Å². The number of ether oxygens (including phenoxy) is 1. The number of amides is 6. The molecule has 0 saturated heterocycles. The summed E-state index contributed by atoms with van der Waals surface area (Å²) < 4.78 is 4.97. The molecule has 1 aromatic rings. The molecule has 0 spiro atoms. The van der Waals surface area contributed by atoms with Gasteiger partial charge in [-0.25, -0.2) is 14.4 Å². The summed E-state index contributed by atoms with van der Waals surface area (Å²) in [5.74, 6) is -1.70. The Morgan fingerprint density at radius 1 is 0.844 bits per heavy atom. The van der Waals surface area contributed by atoms with Gasteiger partial charge in [-0.05, 0) is 24.0 Å². The van der Waals surface area contributed by atoms with Gasteiger partial charge in [0.25, 0.3) is 5.91 Å². The third-order valence-electron chi connectivity index (χ3n) is 3.65. The monoisotopic (exact) mass is 466 g/mol. The fourth-order valence-corrected chi connectivity index (χ4v) is 2.96. The Bertz CT molecular complexity index is 828. The van der Waals surface area contributed by atoms with Gasteiger partial charge in [0.2, 0.25) is 5.91 Å². The summed E-state index contributed by atoms with van der Waals surface area (Å²) in [5.41, 5.74) is 0.159. The van der Waals surface area contributed by atoms with Crippen LogP contribution in [0.4, 0.5) is 9.59 Å². The highest BCUT2D eigenvalue weighted by Gasteiger charge is 2.17. The minimum absolute atomic E-state index is 0.101. The van der Waals surface area contributed by atoms with Gasteiger partial charge < -0.3 is 15.4 Å². The first-order valence-corrected chi connectivity index (χ1v) is 11.1. The summed E-state index contributed by atoms with van der Waals surface area (Å²) in [6, 6.07) is 5.15. The first-order valence-electron chi connectivity index (χ1n) is 10.1. The molecule has 0 saturated carbocycles. The largest absolute Gasteiger partial charge is 0.452 e. The zero-order valence-electron chi connectivity index (χ0n) is 18.7. The van der Waals surface area contributed by atoms with E-state index in [1.807, 2.05) is 27.7 Å². The summed E-state index contributed by atoms with van der Waals surface area (Å²) in [5, 5.41) is 9.37. The van der Waals surface area contributed by atoms with E-state index in [2.05, 4.69) is 21.3 Å².